The molecule has 1 N–H and O–H groups in total. The first-order chi connectivity index (χ1) is 15.8. The normalized spacial score (nSPS) is 16.8. The molecule has 0 spiro atoms. The summed E-state index contributed by atoms with van der Waals surface area (Å²) in [6.45, 7) is -0.995. The second-order valence-electron chi connectivity index (χ2n) is 7.22. The van der Waals surface area contributed by atoms with Crippen LogP contribution in [0.5, 0.6) is 0 Å². The first-order valence-corrected chi connectivity index (χ1v) is 10.4. The molecule has 1 atom stereocenters. The molecule has 4 rings (SSSR count). The average Bonchev–Trinajstić information content (AvgIpc) is 3.37. The van der Waals surface area contributed by atoms with Crippen LogP contribution in [0.3, 0.4) is 0 Å². The number of thioether (sulfide) groups is 1. The molecule has 11 heteroatoms. The number of rotatable bonds is 6. The van der Waals surface area contributed by atoms with Gasteiger partial charge in [-0.3, -0.25) is 14.5 Å². The maximum atomic E-state index is 14.6. The molecule has 1 aromatic heterocycles. The topological polar surface area (TPSA) is 112 Å². The largest absolute Gasteiger partial charge is 0.381 e. The third kappa shape index (κ3) is 4.67. The highest BCUT2D eigenvalue weighted by Crippen LogP contribution is 2.36. The van der Waals surface area contributed by atoms with Gasteiger partial charge < -0.3 is 5.11 Å². The fraction of sp³-hybridized carbons (Fsp3) is 0.136. The molecule has 2 aromatic carbocycles. The molecular weight excluding hydrogens is 452 g/mol. The Kier molecular flexibility index (Phi) is 6.04. The lowest BCUT2D eigenvalue weighted by atomic mass is 9.92. The maximum Gasteiger partial charge on any atom is 0.293 e. The number of carbonyl (C=O) groups excluding carboxylic acids is 2. The summed E-state index contributed by atoms with van der Waals surface area (Å²) in [6.07, 6.45) is 4.18. The van der Waals surface area contributed by atoms with Crippen LogP contribution in [0.1, 0.15) is 16.7 Å². The van der Waals surface area contributed by atoms with E-state index < -0.39 is 34.9 Å². The van der Waals surface area contributed by atoms with Crippen molar-refractivity contribution >= 4 is 29.0 Å². The van der Waals surface area contributed by atoms with Crippen LogP contribution in [-0.4, -0.2) is 42.7 Å². The van der Waals surface area contributed by atoms with Crippen LogP contribution in [0.4, 0.5) is 13.6 Å². The fourth-order valence-corrected chi connectivity index (χ4v) is 4.19. The number of nitrogens with zero attached hydrogens (tertiary/aromatic N) is 5. The predicted octanol–water partition coefficient (Wildman–Crippen LogP) is 3.05. The Morgan fingerprint density at radius 1 is 1.09 bits per heavy atom. The first-order valence-electron chi connectivity index (χ1n) is 9.56. The quantitative estimate of drug-likeness (QED) is 0.555. The van der Waals surface area contributed by atoms with Crippen molar-refractivity contribution in [2.75, 3.05) is 6.54 Å². The Balaban J connectivity index is 1.65. The molecule has 0 saturated carbocycles. The predicted molar refractivity (Wildman–Crippen MR) is 114 cm³/mol. The van der Waals surface area contributed by atoms with Gasteiger partial charge in [-0.15, -0.1) is 0 Å². The highest BCUT2D eigenvalue weighted by molar-refractivity contribution is 8.18. The number of β-amino-alcohol motifs (C(OH)–C–C–N with tert-alkyl or cyclic N) is 1. The molecule has 0 bridgehead atoms. The molecule has 1 aliphatic heterocycles. The standard InChI is InChI=1S/C22H15F2N5O3S/c23-16-5-6-17(18(24)10-16)22(32,13-29-26-7-8-27-29)12-28-20(30)19(33-21(28)31)9-14-1-3-15(11-25)4-2-14/h1-10,32H,12-13H2/b19-9-. The molecule has 1 aliphatic rings. The van der Waals surface area contributed by atoms with Crippen LogP contribution in [-0.2, 0) is 16.9 Å². The van der Waals surface area contributed by atoms with Gasteiger partial charge in [0.2, 0.25) is 0 Å². The van der Waals surface area contributed by atoms with Gasteiger partial charge >= 0.3 is 0 Å². The van der Waals surface area contributed by atoms with Gasteiger partial charge in [0, 0.05) is 11.6 Å². The van der Waals surface area contributed by atoms with Crippen molar-refractivity contribution in [1.29, 1.82) is 5.26 Å². The van der Waals surface area contributed by atoms with Gasteiger partial charge in [-0.1, -0.05) is 18.2 Å². The van der Waals surface area contributed by atoms with Crippen molar-refractivity contribution in [1.82, 2.24) is 19.9 Å². The van der Waals surface area contributed by atoms with Crippen LogP contribution in [0.25, 0.3) is 6.08 Å². The summed E-state index contributed by atoms with van der Waals surface area (Å²) in [6, 6.07) is 11.0. The Bertz CT molecular complexity index is 1290. The van der Waals surface area contributed by atoms with E-state index in [0.717, 1.165) is 21.8 Å². The van der Waals surface area contributed by atoms with E-state index in [1.165, 1.54) is 18.5 Å². The van der Waals surface area contributed by atoms with Gasteiger partial charge in [-0.25, -0.2) is 8.78 Å². The number of hydrogen-bond acceptors (Lipinski definition) is 7. The molecule has 166 valence electrons. The summed E-state index contributed by atoms with van der Waals surface area (Å²) in [5.41, 5.74) is -1.40. The molecule has 8 nitrogen and oxygen atoms in total. The third-order valence-corrected chi connectivity index (χ3v) is 5.84. The van der Waals surface area contributed by atoms with Gasteiger partial charge in [0.15, 0.2) is 0 Å². The lowest BCUT2D eigenvalue weighted by Crippen LogP contribution is -2.46. The summed E-state index contributed by atoms with van der Waals surface area (Å²) in [5.74, 6) is -2.55. The second kappa shape index (κ2) is 8.93. The van der Waals surface area contributed by atoms with Crippen LogP contribution in [0.15, 0.2) is 59.8 Å². The Labute approximate surface area is 190 Å². The minimum atomic E-state index is -2.13. The second-order valence-corrected chi connectivity index (χ2v) is 8.21. The smallest absolute Gasteiger partial charge is 0.293 e. The number of imide groups is 1. The number of nitriles is 1. The van der Waals surface area contributed by atoms with Gasteiger partial charge in [-0.05, 0) is 41.6 Å². The van der Waals surface area contributed by atoms with Crippen LogP contribution in [0.2, 0.25) is 0 Å². The van der Waals surface area contributed by atoms with E-state index >= 15 is 0 Å². The third-order valence-electron chi connectivity index (χ3n) is 4.93. The van der Waals surface area contributed by atoms with E-state index in [9.17, 15) is 23.5 Å². The van der Waals surface area contributed by atoms with E-state index in [1.54, 1.807) is 24.3 Å². The van der Waals surface area contributed by atoms with Gasteiger partial charge in [0.1, 0.15) is 17.2 Å². The van der Waals surface area contributed by atoms with Crippen molar-refractivity contribution in [2.24, 2.45) is 0 Å². The molecular formula is C22H15F2N5O3S. The zero-order valence-electron chi connectivity index (χ0n) is 16.9. The van der Waals surface area contributed by atoms with E-state index in [2.05, 4.69) is 10.2 Å². The number of benzene rings is 2. The van der Waals surface area contributed by atoms with Crippen LogP contribution < -0.4 is 0 Å². The molecule has 1 unspecified atom stereocenters. The summed E-state index contributed by atoms with van der Waals surface area (Å²) < 4.78 is 28.0. The van der Waals surface area contributed by atoms with E-state index in [1.807, 2.05) is 6.07 Å². The lowest BCUT2D eigenvalue weighted by molar-refractivity contribution is -0.126. The van der Waals surface area contributed by atoms with Crippen molar-refractivity contribution in [2.45, 2.75) is 12.1 Å². The molecule has 2 amide bonds. The lowest BCUT2D eigenvalue weighted by Gasteiger charge is -2.31. The number of aromatic nitrogens is 3. The van der Waals surface area contributed by atoms with E-state index in [4.69, 9.17) is 5.26 Å². The SMILES string of the molecule is N#Cc1ccc(/C=C2\SC(=O)N(CC(O)(Cn3nccn3)c3ccc(F)cc3F)C2=O)cc1. The average molecular weight is 467 g/mol. The number of halogens is 2. The van der Waals surface area contributed by atoms with Crippen molar-refractivity contribution in [3.63, 3.8) is 0 Å². The minimum absolute atomic E-state index is 0.101. The molecule has 1 fully saturated rings. The Morgan fingerprint density at radius 2 is 1.79 bits per heavy atom. The summed E-state index contributed by atoms with van der Waals surface area (Å²) in [5, 5.41) is 27.4. The van der Waals surface area contributed by atoms with E-state index in [-0.39, 0.29) is 17.0 Å². The van der Waals surface area contributed by atoms with Crippen LogP contribution in [0, 0.1) is 23.0 Å². The molecule has 0 aliphatic carbocycles. The summed E-state index contributed by atoms with van der Waals surface area (Å²) in [4.78, 5) is 27.5. The minimum Gasteiger partial charge on any atom is -0.381 e. The molecule has 33 heavy (non-hydrogen) atoms. The number of amides is 2. The van der Waals surface area contributed by atoms with Crippen molar-refractivity contribution in [3.8, 4) is 6.07 Å². The van der Waals surface area contributed by atoms with Gasteiger partial charge in [-0.2, -0.15) is 20.3 Å². The molecule has 1 saturated heterocycles. The molecule has 0 radical (unpaired) electrons. The number of aliphatic hydroxyl groups is 1. The zero-order valence-corrected chi connectivity index (χ0v) is 17.7. The number of carbonyl (C=O) groups is 2. The fourth-order valence-electron chi connectivity index (χ4n) is 3.35. The van der Waals surface area contributed by atoms with Crippen molar-refractivity contribution in [3.05, 3.63) is 88.1 Å². The summed E-state index contributed by atoms with van der Waals surface area (Å²) >= 11 is 0.668. The molecule has 3 aromatic rings. The maximum absolute atomic E-state index is 14.6. The number of hydrogen-bond donors (Lipinski definition) is 1. The molecule has 2 heterocycles. The monoisotopic (exact) mass is 467 g/mol. The summed E-state index contributed by atoms with van der Waals surface area (Å²) in [7, 11) is 0. The Morgan fingerprint density at radius 3 is 2.42 bits per heavy atom. The van der Waals surface area contributed by atoms with Crippen LogP contribution >= 0.6 is 11.8 Å². The zero-order chi connectivity index (χ0) is 23.6. The van der Waals surface area contributed by atoms with Gasteiger partial charge in [0.25, 0.3) is 11.1 Å². The highest BCUT2D eigenvalue weighted by Gasteiger charge is 2.43. The first kappa shape index (κ1) is 22.3. The Hall–Kier alpha value is -3.88. The highest BCUT2D eigenvalue weighted by atomic mass is 32.2. The van der Waals surface area contributed by atoms with E-state index in [0.29, 0.717) is 29.0 Å². The van der Waals surface area contributed by atoms with Gasteiger partial charge in [0.05, 0.1) is 42.0 Å². The van der Waals surface area contributed by atoms with Crippen molar-refractivity contribution < 1.29 is 23.5 Å².